The first-order chi connectivity index (χ1) is 11.6. The van der Waals surface area contributed by atoms with Gasteiger partial charge in [0.15, 0.2) is 0 Å². The maximum atomic E-state index is 5.71. The predicted octanol–water partition coefficient (Wildman–Crippen LogP) is 2.37. The molecule has 0 bridgehead atoms. The summed E-state index contributed by atoms with van der Waals surface area (Å²) < 4.78 is 5.55. The number of aromatic nitrogens is 5. The number of nitrogens with one attached hydrogen (secondary N) is 1. The van der Waals surface area contributed by atoms with E-state index in [1.807, 2.05) is 19.2 Å². The van der Waals surface area contributed by atoms with Crippen LogP contribution in [0.25, 0.3) is 10.7 Å². The maximum Gasteiger partial charge on any atom is 0.225 e. The Kier molecular flexibility index (Phi) is 4.80. The molecular formula is C15H17N7OS. The van der Waals surface area contributed by atoms with Crippen LogP contribution in [-0.4, -0.2) is 31.0 Å². The second-order valence-electron chi connectivity index (χ2n) is 5.20. The van der Waals surface area contributed by atoms with Gasteiger partial charge in [0, 0.05) is 23.8 Å². The van der Waals surface area contributed by atoms with Crippen molar-refractivity contribution >= 4 is 23.1 Å². The first kappa shape index (κ1) is 16.1. The minimum Gasteiger partial charge on any atom is -0.475 e. The van der Waals surface area contributed by atoms with Crippen LogP contribution in [0.1, 0.15) is 19.5 Å². The third-order valence-corrected chi connectivity index (χ3v) is 3.77. The summed E-state index contributed by atoms with van der Waals surface area (Å²) in [4.78, 5) is 21.0. The Morgan fingerprint density at radius 3 is 2.88 bits per heavy atom. The van der Waals surface area contributed by atoms with Gasteiger partial charge in [-0.05, 0) is 13.8 Å². The zero-order valence-electron chi connectivity index (χ0n) is 13.3. The van der Waals surface area contributed by atoms with E-state index in [9.17, 15) is 0 Å². The van der Waals surface area contributed by atoms with Crippen LogP contribution in [-0.2, 0) is 6.54 Å². The standard InChI is InChI=1S/C15H17N7OS/c1-9(2)23-13-5-12(21-15(16)22-13)19-6-10-8-24-14(20-10)11-7-17-3-4-18-11/h3-5,7-9H,6H2,1-2H3,(H3,16,19,21,22). The first-order valence-corrected chi connectivity index (χ1v) is 8.24. The van der Waals surface area contributed by atoms with Crippen molar-refractivity contribution in [1.29, 1.82) is 0 Å². The summed E-state index contributed by atoms with van der Waals surface area (Å²) in [6, 6.07) is 1.71. The molecule has 3 aromatic rings. The van der Waals surface area contributed by atoms with Crippen molar-refractivity contribution in [2.45, 2.75) is 26.5 Å². The van der Waals surface area contributed by atoms with Gasteiger partial charge in [-0.25, -0.2) is 4.98 Å². The fourth-order valence-electron chi connectivity index (χ4n) is 1.93. The van der Waals surface area contributed by atoms with E-state index in [0.29, 0.717) is 18.2 Å². The van der Waals surface area contributed by atoms with Crippen LogP contribution in [0.4, 0.5) is 11.8 Å². The maximum absolute atomic E-state index is 5.71. The molecule has 0 radical (unpaired) electrons. The van der Waals surface area contributed by atoms with Crippen LogP contribution in [0.2, 0.25) is 0 Å². The van der Waals surface area contributed by atoms with Crippen molar-refractivity contribution in [3.63, 3.8) is 0 Å². The summed E-state index contributed by atoms with van der Waals surface area (Å²) >= 11 is 1.52. The zero-order chi connectivity index (χ0) is 16.9. The molecule has 3 rings (SSSR count). The number of anilines is 2. The van der Waals surface area contributed by atoms with E-state index in [0.717, 1.165) is 16.4 Å². The normalized spacial score (nSPS) is 10.8. The highest BCUT2D eigenvalue weighted by atomic mass is 32.1. The molecule has 0 saturated carbocycles. The van der Waals surface area contributed by atoms with Crippen LogP contribution in [0.3, 0.4) is 0 Å². The second kappa shape index (κ2) is 7.18. The number of hydrogen-bond acceptors (Lipinski definition) is 9. The lowest BCUT2D eigenvalue weighted by Gasteiger charge is -2.11. The Labute approximate surface area is 143 Å². The summed E-state index contributed by atoms with van der Waals surface area (Å²) in [5.74, 6) is 1.19. The summed E-state index contributed by atoms with van der Waals surface area (Å²) in [6.45, 7) is 4.36. The zero-order valence-corrected chi connectivity index (χ0v) is 14.1. The monoisotopic (exact) mass is 343 g/mol. The molecule has 0 atom stereocenters. The van der Waals surface area contributed by atoms with Crippen molar-refractivity contribution in [2.24, 2.45) is 0 Å². The van der Waals surface area contributed by atoms with Gasteiger partial charge < -0.3 is 15.8 Å². The fourth-order valence-corrected chi connectivity index (χ4v) is 2.71. The Hall–Kier alpha value is -2.81. The minimum absolute atomic E-state index is 0.0141. The van der Waals surface area contributed by atoms with E-state index in [-0.39, 0.29) is 12.1 Å². The average Bonchev–Trinajstić information content (AvgIpc) is 3.01. The Bertz CT molecular complexity index is 807. The first-order valence-electron chi connectivity index (χ1n) is 7.36. The summed E-state index contributed by atoms with van der Waals surface area (Å²) in [5, 5.41) is 5.97. The second-order valence-corrected chi connectivity index (χ2v) is 6.06. The molecule has 0 fully saturated rings. The van der Waals surface area contributed by atoms with Gasteiger partial charge >= 0.3 is 0 Å². The molecule has 3 aromatic heterocycles. The molecule has 3 heterocycles. The van der Waals surface area contributed by atoms with Crippen molar-refractivity contribution < 1.29 is 4.74 Å². The third kappa shape index (κ3) is 4.13. The summed E-state index contributed by atoms with van der Waals surface area (Å²) in [6.07, 6.45) is 4.99. The van der Waals surface area contributed by atoms with Crippen LogP contribution in [0.5, 0.6) is 5.88 Å². The quantitative estimate of drug-likeness (QED) is 0.701. The molecule has 0 spiro atoms. The SMILES string of the molecule is CC(C)Oc1cc(NCc2csc(-c3cnccn3)n2)nc(N)n1. The van der Waals surface area contributed by atoms with E-state index in [1.165, 1.54) is 11.3 Å². The van der Waals surface area contributed by atoms with Gasteiger partial charge in [0.25, 0.3) is 0 Å². The average molecular weight is 343 g/mol. The molecule has 8 nitrogen and oxygen atoms in total. The third-order valence-electron chi connectivity index (χ3n) is 2.86. The van der Waals surface area contributed by atoms with Gasteiger partial charge in [0.05, 0.1) is 24.5 Å². The molecule has 3 N–H and O–H groups in total. The number of rotatable bonds is 6. The van der Waals surface area contributed by atoms with Crippen LogP contribution in [0.15, 0.2) is 30.0 Å². The molecule has 9 heteroatoms. The molecule has 0 amide bonds. The molecule has 0 aliphatic carbocycles. The van der Waals surface area contributed by atoms with Crippen molar-refractivity contribution in [3.8, 4) is 16.6 Å². The van der Waals surface area contributed by atoms with Gasteiger partial charge in [0.1, 0.15) is 16.5 Å². The lowest BCUT2D eigenvalue weighted by molar-refractivity contribution is 0.233. The van der Waals surface area contributed by atoms with Gasteiger partial charge in [-0.15, -0.1) is 11.3 Å². The van der Waals surface area contributed by atoms with E-state index in [4.69, 9.17) is 10.5 Å². The topological polar surface area (TPSA) is 112 Å². The van der Waals surface area contributed by atoms with E-state index in [1.54, 1.807) is 24.7 Å². The molecule has 0 aromatic carbocycles. The smallest absolute Gasteiger partial charge is 0.225 e. The van der Waals surface area contributed by atoms with Gasteiger partial charge in [-0.1, -0.05) is 0 Å². The molecule has 0 aliphatic rings. The number of thiazole rings is 1. The number of nitrogens with two attached hydrogens (primary N) is 1. The van der Waals surface area contributed by atoms with Crippen molar-refractivity contribution in [1.82, 2.24) is 24.9 Å². The summed E-state index contributed by atoms with van der Waals surface area (Å²) in [7, 11) is 0. The van der Waals surface area contributed by atoms with E-state index in [2.05, 4.69) is 30.2 Å². The highest BCUT2D eigenvalue weighted by molar-refractivity contribution is 7.13. The van der Waals surface area contributed by atoms with E-state index < -0.39 is 0 Å². The largest absolute Gasteiger partial charge is 0.475 e. The Balaban J connectivity index is 1.68. The number of nitrogen functional groups attached to an aromatic ring is 1. The van der Waals surface area contributed by atoms with Crippen molar-refractivity contribution in [2.75, 3.05) is 11.1 Å². The van der Waals surface area contributed by atoms with Gasteiger partial charge in [0.2, 0.25) is 11.8 Å². The molecular weight excluding hydrogens is 326 g/mol. The van der Waals surface area contributed by atoms with Gasteiger partial charge in [-0.3, -0.25) is 9.97 Å². The van der Waals surface area contributed by atoms with Crippen molar-refractivity contribution in [3.05, 3.63) is 35.7 Å². The Morgan fingerprint density at radius 1 is 1.25 bits per heavy atom. The lowest BCUT2D eigenvalue weighted by Crippen LogP contribution is -2.10. The molecule has 0 unspecified atom stereocenters. The van der Waals surface area contributed by atoms with Crippen LogP contribution in [0, 0.1) is 0 Å². The summed E-state index contributed by atoms with van der Waals surface area (Å²) in [5.41, 5.74) is 7.35. The molecule has 24 heavy (non-hydrogen) atoms. The molecule has 0 saturated heterocycles. The number of hydrogen-bond donors (Lipinski definition) is 2. The van der Waals surface area contributed by atoms with E-state index >= 15 is 0 Å². The number of nitrogens with zero attached hydrogens (tertiary/aromatic N) is 5. The molecule has 124 valence electrons. The minimum atomic E-state index is 0.0141. The fraction of sp³-hybridized carbons (Fsp3) is 0.267. The predicted molar refractivity (Wildman–Crippen MR) is 92.7 cm³/mol. The highest BCUT2D eigenvalue weighted by Gasteiger charge is 2.08. The van der Waals surface area contributed by atoms with Gasteiger partial charge in [-0.2, -0.15) is 9.97 Å². The van der Waals surface area contributed by atoms with Crippen LogP contribution < -0.4 is 15.8 Å². The number of ether oxygens (including phenoxy) is 1. The van der Waals surface area contributed by atoms with Crippen LogP contribution >= 0.6 is 11.3 Å². The lowest BCUT2D eigenvalue weighted by atomic mass is 10.4. The molecule has 0 aliphatic heterocycles. The Morgan fingerprint density at radius 2 is 2.12 bits per heavy atom. The highest BCUT2D eigenvalue weighted by Crippen LogP contribution is 2.22.